The molecule has 0 aliphatic rings. The topological polar surface area (TPSA) is 131 Å². The van der Waals surface area contributed by atoms with Crippen molar-refractivity contribution in [2.45, 2.75) is 45.3 Å². The zero-order chi connectivity index (χ0) is 26.5. The Morgan fingerprint density at radius 1 is 0.972 bits per heavy atom. The van der Waals surface area contributed by atoms with E-state index in [0.717, 1.165) is 31.4 Å². The van der Waals surface area contributed by atoms with E-state index in [0.29, 0.717) is 17.8 Å². The van der Waals surface area contributed by atoms with Crippen molar-refractivity contribution in [3.8, 4) is 11.8 Å². The number of nitrogens with zero attached hydrogens (tertiary/aromatic N) is 1. The van der Waals surface area contributed by atoms with Crippen LogP contribution in [-0.2, 0) is 9.59 Å². The van der Waals surface area contributed by atoms with E-state index in [2.05, 4.69) is 29.4 Å². The molecule has 5 N–H and O–H groups in total. The molecule has 192 valence electrons. The minimum Gasteiger partial charge on any atom is -0.391 e. The quantitative estimate of drug-likeness (QED) is 0.141. The zero-order valence-electron chi connectivity index (χ0n) is 20.9. The molecule has 0 aliphatic carbocycles. The van der Waals surface area contributed by atoms with E-state index in [1.807, 2.05) is 24.1 Å². The van der Waals surface area contributed by atoms with Gasteiger partial charge in [-0.15, -0.1) is 0 Å². The van der Waals surface area contributed by atoms with Crippen molar-refractivity contribution in [1.82, 2.24) is 15.7 Å². The third kappa shape index (κ3) is 9.50. The summed E-state index contributed by atoms with van der Waals surface area (Å²) in [6, 6.07) is 12.4. The SMILES string of the molecule is CCCCCN(C)CC(=O)Nc1ccc(C#Cc2ccc(C(=O)N[C@H](C(=O)NO)[C@@H](C)O)cc2)cc1. The van der Waals surface area contributed by atoms with Gasteiger partial charge in [0.2, 0.25) is 5.91 Å². The van der Waals surface area contributed by atoms with Crippen molar-refractivity contribution in [2.24, 2.45) is 0 Å². The van der Waals surface area contributed by atoms with Gasteiger partial charge in [-0.25, -0.2) is 5.48 Å². The second kappa shape index (κ2) is 14.6. The van der Waals surface area contributed by atoms with Crippen molar-refractivity contribution in [3.05, 3.63) is 65.2 Å². The number of aliphatic hydroxyl groups is 1. The van der Waals surface area contributed by atoms with Gasteiger partial charge in [-0.1, -0.05) is 31.6 Å². The molecule has 0 saturated carbocycles. The Bertz CT molecular complexity index is 1070. The molecule has 0 bridgehead atoms. The molecule has 2 aromatic rings. The molecule has 0 spiro atoms. The van der Waals surface area contributed by atoms with Crippen LogP contribution in [0.15, 0.2) is 48.5 Å². The van der Waals surface area contributed by atoms with E-state index in [1.165, 1.54) is 12.4 Å². The largest absolute Gasteiger partial charge is 0.391 e. The Morgan fingerprint density at radius 3 is 2.08 bits per heavy atom. The minimum atomic E-state index is -1.29. The van der Waals surface area contributed by atoms with Crippen LogP contribution in [0.2, 0.25) is 0 Å². The maximum absolute atomic E-state index is 12.3. The fourth-order valence-corrected chi connectivity index (χ4v) is 3.34. The lowest BCUT2D eigenvalue weighted by atomic mass is 10.1. The number of likely N-dealkylation sites (N-methyl/N-ethyl adjacent to an activating group) is 1. The summed E-state index contributed by atoms with van der Waals surface area (Å²) in [6.07, 6.45) is 2.19. The van der Waals surface area contributed by atoms with Crippen LogP contribution in [0.1, 0.15) is 54.6 Å². The van der Waals surface area contributed by atoms with Crippen LogP contribution in [0, 0.1) is 11.8 Å². The first kappa shape index (κ1) is 28.5. The summed E-state index contributed by atoms with van der Waals surface area (Å²) in [5.41, 5.74) is 3.83. The molecule has 36 heavy (non-hydrogen) atoms. The molecule has 2 aromatic carbocycles. The normalized spacial score (nSPS) is 12.2. The summed E-state index contributed by atoms with van der Waals surface area (Å²) >= 11 is 0. The van der Waals surface area contributed by atoms with E-state index in [-0.39, 0.29) is 11.5 Å². The summed E-state index contributed by atoms with van der Waals surface area (Å²) in [4.78, 5) is 38.1. The van der Waals surface area contributed by atoms with Gasteiger partial charge in [-0.3, -0.25) is 24.5 Å². The lowest BCUT2D eigenvalue weighted by Gasteiger charge is -2.19. The molecule has 0 unspecified atom stereocenters. The highest BCUT2D eigenvalue weighted by Gasteiger charge is 2.25. The van der Waals surface area contributed by atoms with Crippen molar-refractivity contribution in [3.63, 3.8) is 0 Å². The Morgan fingerprint density at radius 2 is 1.56 bits per heavy atom. The molecular weight excluding hydrogens is 460 g/mol. The molecular formula is C27H34N4O5. The number of unbranched alkanes of at least 4 members (excludes halogenated alkanes) is 2. The maximum Gasteiger partial charge on any atom is 0.268 e. The second-order valence-corrected chi connectivity index (χ2v) is 8.57. The summed E-state index contributed by atoms with van der Waals surface area (Å²) < 4.78 is 0. The summed E-state index contributed by atoms with van der Waals surface area (Å²) in [5.74, 6) is 4.49. The summed E-state index contributed by atoms with van der Waals surface area (Å²) in [6.45, 7) is 4.71. The monoisotopic (exact) mass is 494 g/mol. The minimum absolute atomic E-state index is 0.0614. The van der Waals surface area contributed by atoms with Crippen molar-refractivity contribution < 1.29 is 24.7 Å². The molecule has 9 heteroatoms. The number of nitrogens with one attached hydrogen (secondary N) is 3. The average Bonchev–Trinajstić information content (AvgIpc) is 2.86. The van der Waals surface area contributed by atoms with Crippen LogP contribution >= 0.6 is 0 Å². The molecule has 0 saturated heterocycles. The lowest BCUT2D eigenvalue weighted by molar-refractivity contribution is -0.133. The van der Waals surface area contributed by atoms with Gasteiger partial charge in [-0.2, -0.15) is 0 Å². The standard InChI is InChI=1S/C27H34N4O5/c1-4-5-6-17-31(3)18-24(33)28-23-15-11-21(12-16-23)8-7-20-9-13-22(14-10-20)26(34)29-25(19(2)32)27(35)30-36/h9-16,19,25,32,36H,4-6,17-18H2,1-3H3,(H,28,33)(H,29,34)(H,30,35)/t19-,25+/m1/s1. The molecule has 0 aliphatic heterocycles. The van der Waals surface area contributed by atoms with Crippen LogP contribution in [0.4, 0.5) is 5.69 Å². The first-order valence-electron chi connectivity index (χ1n) is 11.9. The number of hydroxylamine groups is 1. The van der Waals surface area contributed by atoms with Gasteiger partial charge in [0.15, 0.2) is 0 Å². The molecule has 0 heterocycles. The summed E-state index contributed by atoms with van der Waals surface area (Å²) in [5, 5.41) is 23.6. The number of carbonyl (C=O) groups is 3. The molecule has 9 nitrogen and oxygen atoms in total. The molecule has 3 amide bonds. The van der Waals surface area contributed by atoms with Crippen LogP contribution in [0.5, 0.6) is 0 Å². The summed E-state index contributed by atoms with van der Waals surface area (Å²) in [7, 11) is 1.94. The van der Waals surface area contributed by atoms with Gasteiger partial charge >= 0.3 is 0 Å². The van der Waals surface area contributed by atoms with Crippen LogP contribution in [0.3, 0.4) is 0 Å². The Hall–Kier alpha value is -3.71. The highest BCUT2D eigenvalue weighted by Crippen LogP contribution is 2.10. The first-order valence-corrected chi connectivity index (χ1v) is 11.9. The van der Waals surface area contributed by atoms with E-state index in [4.69, 9.17) is 5.21 Å². The third-order valence-electron chi connectivity index (χ3n) is 5.39. The second-order valence-electron chi connectivity index (χ2n) is 8.57. The third-order valence-corrected chi connectivity index (χ3v) is 5.39. The van der Waals surface area contributed by atoms with Crippen molar-refractivity contribution in [2.75, 3.05) is 25.5 Å². The number of anilines is 1. The van der Waals surface area contributed by atoms with Gasteiger partial charge in [0.05, 0.1) is 12.6 Å². The Labute approximate surface area is 211 Å². The van der Waals surface area contributed by atoms with Crippen LogP contribution in [0.25, 0.3) is 0 Å². The fourth-order valence-electron chi connectivity index (χ4n) is 3.34. The molecule has 0 aromatic heterocycles. The van der Waals surface area contributed by atoms with Crippen molar-refractivity contribution in [1.29, 1.82) is 0 Å². The lowest BCUT2D eigenvalue weighted by Crippen LogP contribution is -2.51. The van der Waals surface area contributed by atoms with E-state index < -0.39 is 24.0 Å². The Balaban J connectivity index is 1.92. The van der Waals surface area contributed by atoms with Gasteiger partial charge in [-0.05, 0) is 75.5 Å². The predicted octanol–water partition coefficient (Wildman–Crippen LogP) is 2.13. The number of aliphatic hydroxyl groups excluding tert-OH is 1. The first-order chi connectivity index (χ1) is 17.2. The maximum atomic E-state index is 12.3. The number of amides is 3. The van der Waals surface area contributed by atoms with Crippen LogP contribution in [-0.4, -0.2) is 65.2 Å². The number of rotatable bonds is 11. The van der Waals surface area contributed by atoms with Gasteiger partial charge in [0.1, 0.15) is 6.04 Å². The van der Waals surface area contributed by atoms with Crippen molar-refractivity contribution >= 4 is 23.4 Å². The molecule has 2 rings (SSSR count). The van der Waals surface area contributed by atoms with Crippen LogP contribution < -0.4 is 16.1 Å². The molecule has 0 radical (unpaired) electrons. The number of benzene rings is 2. The molecule has 0 fully saturated rings. The molecule has 2 atom stereocenters. The highest BCUT2D eigenvalue weighted by molar-refractivity contribution is 5.97. The van der Waals surface area contributed by atoms with E-state index in [1.54, 1.807) is 36.4 Å². The van der Waals surface area contributed by atoms with E-state index >= 15 is 0 Å². The Kier molecular flexibility index (Phi) is 11.6. The highest BCUT2D eigenvalue weighted by atomic mass is 16.5. The number of carbonyl (C=O) groups excluding carboxylic acids is 3. The average molecular weight is 495 g/mol. The fraction of sp³-hybridized carbons (Fsp3) is 0.370. The smallest absolute Gasteiger partial charge is 0.268 e. The van der Waals surface area contributed by atoms with Gasteiger partial charge < -0.3 is 15.7 Å². The van der Waals surface area contributed by atoms with Gasteiger partial charge in [0.25, 0.3) is 11.8 Å². The zero-order valence-corrected chi connectivity index (χ0v) is 20.9. The number of hydrogen-bond donors (Lipinski definition) is 5. The number of hydrogen-bond acceptors (Lipinski definition) is 6. The van der Waals surface area contributed by atoms with E-state index in [9.17, 15) is 19.5 Å². The van der Waals surface area contributed by atoms with Gasteiger partial charge in [0, 0.05) is 22.4 Å². The predicted molar refractivity (Wildman–Crippen MR) is 137 cm³/mol.